The van der Waals surface area contributed by atoms with Crippen molar-refractivity contribution in [3.63, 3.8) is 0 Å². The van der Waals surface area contributed by atoms with Gasteiger partial charge in [-0.05, 0) is 61.2 Å². The Morgan fingerprint density at radius 3 is 2.38 bits per heavy atom. The molecule has 0 spiro atoms. The van der Waals surface area contributed by atoms with Gasteiger partial charge in [0, 0.05) is 18.7 Å². The Kier molecular flexibility index (Phi) is 9.53. The Labute approximate surface area is 275 Å². The highest BCUT2D eigenvalue weighted by Crippen LogP contribution is 2.36. The SMILES string of the molecule is CCOC(=O)C1=C(c2ccccc2)N=c2s/c(=C/c3ccc(OCC(=O)N4CCCC4)c(OC)c3)c(=O)n2[C@@H]1c1ccc(OC)cc1. The standard InChI is InChI=1S/C36H35N3O7S/c1-4-45-35(42)31-32(24-10-6-5-7-11-24)37-36-39(33(31)25-13-15-26(43-2)16-14-25)34(41)29(47-36)21-23-12-17-27(28(20-23)44-3)46-22-30(40)38-18-8-9-19-38/h5-7,10-17,20-21,33H,4,8-9,18-19,22H2,1-3H3/b29-21+/t33-/m1/s1. The van der Waals surface area contributed by atoms with E-state index in [1.54, 1.807) is 59.9 Å². The number of amides is 1. The molecule has 3 aromatic carbocycles. The van der Waals surface area contributed by atoms with Crippen LogP contribution in [0.3, 0.4) is 0 Å². The first-order chi connectivity index (χ1) is 22.9. The van der Waals surface area contributed by atoms with E-state index in [-0.39, 0.29) is 30.3 Å². The number of hydrogen-bond donors (Lipinski definition) is 0. The number of fused-ring (bicyclic) bond motifs is 1. The van der Waals surface area contributed by atoms with Crippen LogP contribution in [-0.2, 0) is 14.3 Å². The number of carbonyl (C=O) groups excluding carboxylic acids is 2. The van der Waals surface area contributed by atoms with Crippen LogP contribution in [0.15, 0.2) is 88.2 Å². The number of esters is 1. The molecule has 1 atom stereocenters. The number of nitrogens with zero attached hydrogens (tertiary/aromatic N) is 3. The number of methoxy groups -OCH3 is 2. The highest BCUT2D eigenvalue weighted by molar-refractivity contribution is 7.07. The molecule has 2 aliphatic heterocycles. The van der Waals surface area contributed by atoms with Crippen molar-refractivity contribution in [2.75, 3.05) is 40.5 Å². The van der Waals surface area contributed by atoms with Gasteiger partial charge in [0.2, 0.25) is 0 Å². The first-order valence-corrected chi connectivity index (χ1v) is 16.2. The van der Waals surface area contributed by atoms with Gasteiger partial charge in [0.25, 0.3) is 11.5 Å². The summed E-state index contributed by atoms with van der Waals surface area (Å²) in [5.41, 5.74) is 2.54. The van der Waals surface area contributed by atoms with Crippen molar-refractivity contribution >= 4 is 35.0 Å². The maximum atomic E-state index is 14.2. The topological polar surface area (TPSA) is 109 Å². The zero-order valence-corrected chi connectivity index (χ0v) is 27.2. The molecule has 10 nitrogen and oxygen atoms in total. The van der Waals surface area contributed by atoms with Gasteiger partial charge in [0.05, 0.1) is 42.7 Å². The van der Waals surface area contributed by atoms with E-state index < -0.39 is 12.0 Å². The number of hydrogen-bond acceptors (Lipinski definition) is 9. The van der Waals surface area contributed by atoms with Crippen molar-refractivity contribution in [1.29, 1.82) is 0 Å². The maximum Gasteiger partial charge on any atom is 0.338 e. The van der Waals surface area contributed by atoms with Crippen LogP contribution in [-0.4, -0.2) is 61.9 Å². The molecule has 6 rings (SSSR count). The van der Waals surface area contributed by atoms with Gasteiger partial charge >= 0.3 is 5.97 Å². The molecule has 0 radical (unpaired) electrons. The minimum Gasteiger partial charge on any atom is -0.497 e. The molecule has 0 aliphatic carbocycles. The molecule has 0 bridgehead atoms. The number of aromatic nitrogens is 1. The fraction of sp³-hybridized carbons (Fsp3) is 0.278. The quantitative estimate of drug-likeness (QED) is 0.239. The second-order valence-corrected chi connectivity index (χ2v) is 12.0. The summed E-state index contributed by atoms with van der Waals surface area (Å²) in [4.78, 5) is 47.5. The Morgan fingerprint density at radius 2 is 1.70 bits per heavy atom. The van der Waals surface area contributed by atoms with E-state index in [1.807, 2.05) is 42.5 Å². The molecule has 242 valence electrons. The zero-order chi connectivity index (χ0) is 32.9. The van der Waals surface area contributed by atoms with Gasteiger partial charge in [-0.15, -0.1) is 0 Å². The number of likely N-dealkylation sites (tertiary alicyclic amines) is 1. The summed E-state index contributed by atoms with van der Waals surface area (Å²) in [5, 5.41) is 0. The summed E-state index contributed by atoms with van der Waals surface area (Å²) in [6.45, 7) is 3.34. The summed E-state index contributed by atoms with van der Waals surface area (Å²) < 4.78 is 24.3. The molecule has 47 heavy (non-hydrogen) atoms. The molecule has 0 unspecified atom stereocenters. The Hall–Kier alpha value is -5.16. The second kappa shape index (κ2) is 14.1. The largest absolute Gasteiger partial charge is 0.497 e. The monoisotopic (exact) mass is 653 g/mol. The highest BCUT2D eigenvalue weighted by atomic mass is 32.1. The van der Waals surface area contributed by atoms with Crippen LogP contribution in [0.25, 0.3) is 11.8 Å². The summed E-state index contributed by atoms with van der Waals surface area (Å²) in [6.07, 6.45) is 3.77. The third-order valence-electron chi connectivity index (χ3n) is 8.10. The molecule has 4 aromatic rings. The van der Waals surface area contributed by atoms with Crippen LogP contribution in [0.5, 0.6) is 17.2 Å². The van der Waals surface area contributed by atoms with E-state index in [0.717, 1.165) is 31.5 Å². The Bertz CT molecular complexity index is 1990. The normalized spacial score (nSPS) is 16.0. The fourth-order valence-corrected chi connectivity index (χ4v) is 6.78. The lowest BCUT2D eigenvalue weighted by atomic mass is 9.93. The molecule has 1 amide bonds. The Morgan fingerprint density at radius 1 is 0.957 bits per heavy atom. The number of ether oxygens (including phenoxy) is 4. The molecule has 2 aliphatic rings. The fourth-order valence-electron chi connectivity index (χ4n) is 5.78. The summed E-state index contributed by atoms with van der Waals surface area (Å²) in [7, 11) is 3.11. The molecule has 1 saturated heterocycles. The van der Waals surface area contributed by atoms with E-state index in [2.05, 4.69) is 0 Å². The van der Waals surface area contributed by atoms with E-state index in [4.69, 9.17) is 23.9 Å². The van der Waals surface area contributed by atoms with Crippen molar-refractivity contribution in [3.8, 4) is 17.2 Å². The smallest absolute Gasteiger partial charge is 0.338 e. The van der Waals surface area contributed by atoms with Crippen LogP contribution in [0.4, 0.5) is 0 Å². The Balaban J connectivity index is 1.44. The van der Waals surface area contributed by atoms with E-state index in [0.29, 0.717) is 43.4 Å². The first-order valence-electron chi connectivity index (χ1n) is 15.4. The van der Waals surface area contributed by atoms with Crippen LogP contribution in [0, 0.1) is 0 Å². The maximum absolute atomic E-state index is 14.2. The first kappa shape index (κ1) is 31.8. The van der Waals surface area contributed by atoms with E-state index >= 15 is 0 Å². The van der Waals surface area contributed by atoms with Crippen molar-refractivity contribution < 1.29 is 28.5 Å². The molecule has 3 heterocycles. The van der Waals surface area contributed by atoms with Crippen LogP contribution < -0.4 is 29.1 Å². The third-order valence-corrected chi connectivity index (χ3v) is 9.08. The summed E-state index contributed by atoms with van der Waals surface area (Å²) in [6, 6.07) is 21.2. The molecule has 0 N–H and O–H groups in total. The predicted octanol–water partition coefficient (Wildman–Crippen LogP) is 3.95. The predicted molar refractivity (Wildman–Crippen MR) is 178 cm³/mol. The molecular weight excluding hydrogens is 618 g/mol. The number of thiazole rings is 1. The average molecular weight is 654 g/mol. The zero-order valence-electron chi connectivity index (χ0n) is 26.4. The van der Waals surface area contributed by atoms with Gasteiger partial charge < -0.3 is 23.8 Å². The van der Waals surface area contributed by atoms with Gasteiger partial charge in [-0.2, -0.15) is 0 Å². The van der Waals surface area contributed by atoms with Crippen molar-refractivity contribution in [1.82, 2.24) is 9.47 Å². The van der Waals surface area contributed by atoms with E-state index in [9.17, 15) is 14.4 Å². The van der Waals surface area contributed by atoms with Gasteiger partial charge in [0.15, 0.2) is 22.9 Å². The van der Waals surface area contributed by atoms with Gasteiger partial charge in [-0.1, -0.05) is 59.9 Å². The second-order valence-electron chi connectivity index (χ2n) is 11.0. The van der Waals surface area contributed by atoms with Crippen molar-refractivity contribution in [2.24, 2.45) is 4.99 Å². The number of carbonyl (C=O) groups is 2. The minimum absolute atomic E-state index is 0.0572. The third kappa shape index (κ3) is 6.57. The molecule has 11 heteroatoms. The lowest BCUT2D eigenvalue weighted by Gasteiger charge is -2.26. The lowest BCUT2D eigenvalue weighted by molar-refractivity contribution is -0.139. The van der Waals surface area contributed by atoms with Crippen LogP contribution in [0.2, 0.25) is 0 Å². The van der Waals surface area contributed by atoms with Crippen molar-refractivity contribution in [3.05, 3.63) is 115 Å². The number of rotatable bonds is 10. The summed E-state index contributed by atoms with van der Waals surface area (Å²) in [5.74, 6) is 0.914. The van der Waals surface area contributed by atoms with Crippen LogP contribution in [0.1, 0.15) is 42.5 Å². The van der Waals surface area contributed by atoms with Gasteiger partial charge in [-0.3, -0.25) is 14.2 Å². The van der Waals surface area contributed by atoms with Gasteiger partial charge in [0.1, 0.15) is 5.75 Å². The summed E-state index contributed by atoms with van der Waals surface area (Å²) >= 11 is 1.23. The molecule has 0 saturated carbocycles. The molecule has 1 fully saturated rings. The number of benzene rings is 3. The van der Waals surface area contributed by atoms with Crippen molar-refractivity contribution in [2.45, 2.75) is 25.8 Å². The highest BCUT2D eigenvalue weighted by Gasteiger charge is 2.35. The van der Waals surface area contributed by atoms with Crippen LogP contribution >= 0.6 is 11.3 Å². The van der Waals surface area contributed by atoms with Gasteiger partial charge in [-0.25, -0.2) is 9.79 Å². The molecular formula is C36H35N3O7S. The average Bonchev–Trinajstić information content (AvgIpc) is 3.76. The minimum atomic E-state index is -0.799. The molecule has 1 aromatic heterocycles. The van der Waals surface area contributed by atoms with E-state index in [1.165, 1.54) is 18.4 Å². The lowest BCUT2D eigenvalue weighted by Crippen LogP contribution is -2.40.